The van der Waals surface area contributed by atoms with Crippen molar-refractivity contribution in [2.45, 2.75) is 37.5 Å². The highest BCUT2D eigenvalue weighted by atomic mass is 35.5. The smallest absolute Gasteiger partial charge is 0.310 e. The number of amides is 2. The molecule has 5 atom stereocenters. The van der Waals surface area contributed by atoms with Crippen molar-refractivity contribution in [3.05, 3.63) is 41.4 Å². The zero-order chi connectivity index (χ0) is 22.5. The number of para-hydroxylation sites is 1. The quantitative estimate of drug-likeness (QED) is 0.614. The van der Waals surface area contributed by atoms with Crippen LogP contribution in [0.15, 0.2) is 30.9 Å². The number of halogens is 1. The Bertz CT molecular complexity index is 932. The van der Waals surface area contributed by atoms with Gasteiger partial charge in [-0.25, -0.2) is 0 Å². The highest BCUT2D eigenvalue weighted by molar-refractivity contribution is 6.34. The second-order valence-corrected chi connectivity index (χ2v) is 8.70. The summed E-state index contributed by atoms with van der Waals surface area (Å²) in [4.78, 5) is 42.0. The number of ether oxygens (including phenoxy) is 1. The van der Waals surface area contributed by atoms with Crippen LogP contribution in [0.4, 0.5) is 5.69 Å². The van der Waals surface area contributed by atoms with E-state index in [0.717, 1.165) is 5.56 Å². The first-order chi connectivity index (χ1) is 14.8. The summed E-state index contributed by atoms with van der Waals surface area (Å²) in [5.74, 6) is -3.95. The molecular weight excluding hydrogens is 424 g/mol. The Morgan fingerprint density at radius 1 is 1.45 bits per heavy atom. The first-order valence-corrected chi connectivity index (χ1v) is 10.7. The summed E-state index contributed by atoms with van der Waals surface area (Å²) in [6.45, 7) is 5.28. The molecule has 1 aromatic carbocycles. The van der Waals surface area contributed by atoms with Crippen LogP contribution >= 0.6 is 11.6 Å². The van der Waals surface area contributed by atoms with E-state index in [-0.39, 0.29) is 19.7 Å². The zero-order valence-electron chi connectivity index (χ0n) is 17.2. The van der Waals surface area contributed by atoms with Gasteiger partial charge in [-0.15, -0.1) is 6.58 Å². The van der Waals surface area contributed by atoms with E-state index >= 15 is 0 Å². The number of carbonyl (C=O) groups is 3. The number of hydrogen-bond donors (Lipinski definition) is 2. The average Bonchev–Trinajstić information content (AvgIpc) is 3.35. The summed E-state index contributed by atoms with van der Waals surface area (Å²) in [6.07, 6.45) is 1.83. The van der Waals surface area contributed by atoms with E-state index in [1.165, 1.54) is 9.80 Å². The minimum absolute atomic E-state index is 0.0860. The number of aliphatic hydroxyl groups is 1. The maximum Gasteiger partial charge on any atom is 0.310 e. The Morgan fingerprint density at radius 2 is 2.19 bits per heavy atom. The number of aryl methyl sites for hydroxylation is 1. The Balaban J connectivity index is 1.82. The summed E-state index contributed by atoms with van der Waals surface area (Å²) < 4.78 is 6.13. The number of carbonyl (C=O) groups excluding carboxylic acids is 2. The van der Waals surface area contributed by atoms with Crippen molar-refractivity contribution in [2.24, 2.45) is 11.8 Å². The van der Waals surface area contributed by atoms with Crippen LogP contribution in [-0.2, 0) is 19.1 Å². The molecule has 2 amide bonds. The van der Waals surface area contributed by atoms with Crippen molar-refractivity contribution < 1.29 is 29.3 Å². The molecule has 9 heteroatoms. The third kappa shape index (κ3) is 3.08. The SMILES string of the molecule is C=CCN(C(=O)C1N(CCO)C(=O)[C@@H]2[C@@H](C(=O)O)[C@H]3CCC12O3)c1c(C)cccc1Cl. The van der Waals surface area contributed by atoms with Crippen LogP contribution in [0.5, 0.6) is 0 Å². The molecule has 3 aliphatic rings. The third-order valence-corrected chi connectivity index (χ3v) is 7.00. The molecule has 8 nitrogen and oxygen atoms in total. The van der Waals surface area contributed by atoms with Crippen LogP contribution in [0.3, 0.4) is 0 Å². The topological polar surface area (TPSA) is 107 Å². The number of fused-ring (bicyclic) bond motifs is 1. The van der Waals surface area contributed by atoms with Gasteiger partial charge in [-0.3, -0.25) is 14.4 Å². The molecule has 0 saturated carbocycles. The van der Waals surface area contributed by atoms with Gasteiger partial charge in [-0.2, -0.15) is 0 Å². The molecule has 2 N–H and O–H groups in total. The molecule has 2 bridgehead atoms. The molecule has 3 aliphatic heterocycles. The van der Waals surface area contributed by atoms with Crippen molar-refractivity contribution >= 4 is 35.1 Å². The molecule has 3 heterocycles. The number of benzene rings is 1. The Hall–Kier alpha value is -2.42. The molecule has 0 radical (unpaired) electrons. The molecule has 4 rings (SSSR count). The lowest BCUT2D eigenvalue weighted by atomic mass is 9.70. The van der Waals surface area contributed by atoms with Crippen molar-refractivity contribution in [3.63, 3.8) is 0 Å². The highest BCUT2D eigenvalue weighted by Crippen LogP contribution is 2.58. The summed E-state index contributed by atoms with van der Waals surface area (Å²) in [5.41, 5.74) is 0.0496. The van der Waals surface area contributed by atoms with Crippen LogP contribution in [0, 0.1) is 18.8 Å². The Kier molecular flexibility index (Phi) is 5.57. The van der Waals surface area contributed by atoms with Gasteiger partial charge in [0.25, 0.3) is 5.91 Å². The standard InChI is InChI=1S/C22H25ClN2O6/c1-3-9-24(17-12(2)5-4-6-13(17)23)20(28)18-22-8-7-14(31-22)15(21(29)30)16(22)19(27)25(18)10-11-26/h3-6,14-16,18,26H,1,7-11H2,2H3,(H,29,30)/t14-,15+,16+,18?,22?/m1/s1. The van der Waals surface area contributed by atoms with Gasteiger partial charge >= 0.3 is 5.97 Å². The number of nitrogens with zero attached hydrogens (tertiary/aromatic N) is 2. The van der Waals surface area contributed by atoms with Crippen LogP contribution in [-0.4, -0.2) is 70.3 Å². The van der Waals surface area contributed by atoms with Gasteiger partial charge in [0, 0.05) is 13.1 Å². The average molecular weight is 449 g/mol. The molecule has 0 aromatic heterocycles. The van der Waals surface area contributed by atoms with Crippen molar-refractivity contribution in [3.8, 4) is 0 Å². The first kappa shape index (κ1) is 21.8. The molecule has 2 unspecified atom stereocenters. The number of likely N-dealkylation sites (tertiary alicyclic amines) is 1. The van der Waals surface area contributed by atoms with Gasteiger partial charge < -0.3 is 24.7 Å². The van der Waals surface area contributed by atoms with Crippen LogP contribution in [0.25, 0.3) is 0 Å². The van der Waals surface area contributed by atoms with Gasteiger partial charge in [0.1, 0.15) is 11.6 Å². The second kappa shape index (κ2) is 7.93. The van der Waals surface area contributed by atoms with E-state index < -0.39 is 47.4 Å². The number of anilines is 1. The molecule has 3 saturated heterocycles. The minimum Gasteiger partial charge on any atom is -0.481 e. The van der Waals surface area contributed by atoms with E-state index in [1.807, 2.05) is 13.0 Å². The van der Waals surface area contributed by atoms with Crippen LogP contribution in [0.2, 0.25) is 5.02 Å². The van der Waals surface area contributed by atoms with E-state index in [1.54, 1.807) is 18.2 Å². The molecule has 166 valence electrons. The lowest BCUT2D eigenvalue weighted by Gasteiger charge is -2.37. The van der Waals surface area contributed by atoms with Gasteiger partial charge in [-0.1, -0.05) is 29.8 Å². The van der Waals surface area contributed by atoms with Gasteiger partial charge in [0.2, 0.25) is 5.91 Å². The van der Waals surface area contributed by atoms with Crippen molar-refractivity contribution in [1.82, 2.24) is 4.90 Å². The lowest BCUT2D eigenvalue weighted by Crippen LogP contribution is -2.57. The fraction of sp³-hybridized carbons (Fsp3) is 0.500. The van der Waals surface area contributed by atoms with Gasteiger partial charge in [0.15, 0.2) is 0 Å². The fourth-order valence-corrected chi connectivity index (χ4v) is 5.92. The number of aliphatic hydroxyl groups excluding tert-OH is 1. The summed E-state index contributed by atoms with van der Waals surface area (Å²) in [7, 11) is 0. The number of carboxylic acids is 1. The normalized spacial score (nSPS) is 31.1. The number of hydrogen-bond acceptors (Lipinski definition) is 5. The van der Waals surface area contributed by atoms with E-state index in [2.05, 4.69) is 6.58 Å². The van der Waals surface area contributed by atoms with Crippen molar-refractivity contribution in [2.75, 3.05) is 24.6 Å². The number of β-amino-alcohol motifs (C(OH)–C–C–N with tert-alkyl or cyclic N) is 1. The van der Waals surface area contributed by atoms with Gasteiger partial charge in [0.05, 0.1) is 35.3 Å². The fourth-order valence-electron chi connectivity index (χ4n) is 5.60. The molecule has 1 spiro atoms. The van der Waals surface area contributed by atoms with Crippen LogP contribution in [0.1, 0.15) is 18.4 Å². The van der Waals surface area contributed by atoms with Gasteiger partial charge in [-0.05, 0) is 31.4 Å². The minimum atomic E-state index is -1.23. The van der Waals surface area contributed by atoms with Crippen LogP contribution < -0.4 is 4.90 Å². The predicted molar refractivity (Wildman–Crippen MR) is 113 cm³/mol. The predicted octanol–water partition coefficient (Wildman–Crippen LogP) is 1.62. The lowest BCUT2D eigenvalue weighted by molar-refractivity contribution is -0.149. The van der Waals surface area contributed by atoms with E-state index in [4.69, 9.17) is 16.3 Å². The molecule has 31 heavy (non-hydrogen) atoms. The van der Waals surface area contributed by atoms with E-state index in [9.17, 15) is 24.6 Å². The largest absolute Gasteiger partial charge is 0.481 e. The maximum atomic E-state index is 14.0. The zero-order valence-corrected chi connectivity index (χ0v) is 17.9. The monoisotopic (exact) mass is 448 g/mol. The second-order valence-electron chi connectivity index (χ2n) is 8.29. The maximum absolute atomic E-state index is 14.0. The third-order valence-electron chi connectivity index (χ3n) is 6.70. The number of carboxylic acid groups (broad SMARTS) is 1. The van der Waals surface area contributed by atoms with Crippen molar-refractivity contribution in [1.29, 1.82) is 0 Å². The summed E-state index contributed by atoms with van der Waals surface area (Å²) in [5, 5.41) is 19.7. The molecule has 3 fully saturated rings. The van der Waals surface area contributed by atoms with E-state index in [0.29, 0.717) is 23.6 Å². The number of rotatable bonds is 7. The molecule has 0 aliphatic carbocycles. The summed E-state index contributed by atoms with van der Waals surface area (Å²) in [6, 6.07) is 4.23. The Morgan fingerprint density at radius 3 is 2.81 bits per heavy atom. The first-order valence-electron chi connectivity index (χ1n) is 10.3. The number of aliphatic carboxylic acids is 1. The highest BCUT2D eigenvalue weighted by Gasteiger charge is 2.74. The Labute approximate surface area is 185 Å². The molecule has 1 aromatic rings. The molecular formula is C22H25ClN2O6. The summed E-state index contributed by atoms with van der Waals surface area (Å²) >= 11 is 6.43.